The molecule has 3 heterocycles. The summed E-state index contributed by atoms with van der Waals surface area (Å²) in [7, 11) is 0. The standard InChI is InChI=1S/C11H12N4O/c16-14-8-3-5-15(7-8)10-6-13-9-2-1-4-12-11(9)10/h1-2,4,6,13,16H,3,5,7H2. The monoisotopic (exact) mass is 216 g/mol. The van der Waals surface area contributed by atoms with Gasteiger partial charge in [-0.1, -0.05) is 5.16 Å². The first kappa shape index (κ1) is 9.21. The first-order chi connectivity index (χ1) is 7.88. The number of H-pyrrole nitrogens is 1. The minimum absolute atomic E-state index is 0.681. The van der Waals surface area contributed by atoms with Crippen LogP contribution in [0.2, 0.25) is 0 Å². The van der Waals surface area contributed by atoms with Gasteiger partial charge in [-0.3, -0.25) is 4.98 Å². The Labute approximate surface area is 92.4 Å². The van der Waals surface area contributed by atoms with Crippen molar-refractivity contribution in [2.45, 2.75) is 6.42 Å². The van der Waals surface area contributed by atoms with E-state index < -0.39 is 0 Å². The Morgan fingerprint density at radius 1 is 1.50 bits per heavy atom. The number of nitrogens with zero attached hydrogens (tertiary/aromatic N) is 3. The predicted octanol–water partition coefficient (Wildman–Crippen LogP) is 1.60. The quantitative estimate of drug-likeness (QED) is 0.562. The molecule has 0 spiro atoms. The molecule has 2 aromatic rings. The first-order valence-electron chi connectivity index (χ1n) is 5.25. The van der Waals surface area contributed by atoms with Crippen LogP contribution in [-0.4, -0.2) is 34.0 Å². The van der Waals surface area contributed by atoms with Crippen molar-refractivity contribution < 1.29 is 5.21 Å². The summed E-state index contributed by atoms with van der Waals surface area (Å²) in [6.07, 6.45) is 4.56. The molecule has 2 aromatic heterocycles. The van der Waals surface area contributed by atoms with Crippen LogP contribution in [0.3, 0.4) is 0 Å². The molecule has 5 heteroatoms. The topological polar surface area (TPSA) is 64.5 Å². The van der Waals surface area contributed by atoms with E-state index in [2.05, 4.69) is 20.0 Å². The second-order valence-corrected chi connectivity index (χ2v) is 3.91. The third-order valence-corrected chi connectivity index (χ3v) is 2.94. The fraction of sp³-hybridized carbons (Fsp3) is 0.273. The zero-order valence-electron chi connectivity index (χ0n) is 8.72. The molecule has 1 aliphatic rings. The van der Waals surface area contributed by atoms with E-state index in [4.69, 9.17) is 5.21 Å². The van der Waals surface area contributed by atoms with Gasteiger partial charge in [-0.05, 0) is 12.1 Å². The van der Waals surface area contributed by atoms with E-state index in [1.54, 1.807) is 6.20 Å². The summed E-state index contributed by atoms with van der Waals surface area (Å²) in [4.78, 5) is 9.72. The maximum absolute atomic E-state index is 8.73. The highest BCUT2D eigenvalue weighted by Gasteiger charge is 2.21. The highest BCUT2D eigenvalue weighted by Crippen LogP contribution is 2.26. The molecule has 0 radical (unpaired) electrons. The van der Waals surface area contributed by atoms with E-state index in [0.717, 1.165) is 35.4 Å². The summed E-state index contributed by atoms with van der Waals surface area (Å²) in [5.74, 6) is 0. The molecular formula is C11H12N4O. The molecule has 16 heavy (non-hydrogen) atoms. The third kappa shape index (κ3) is 1.32. The van der Waals surface area contributed by atoms with Gasteiger partial charge in [-0.2, -0.15) is 0 Å². The van der Waals surface area contributed by atoms with Crippen LogP contribution in [0.25, 0.3) is 11.0 Å². The van der Waals surface area contributed by atoms with Gasteiger partial charge >= 0.3 is 0 Å². The number of pyridine rings is 1. The Hall–Kier alpha value is -2.04. The largest absolute Gasteiger partial charge is 0.411 e. The van der Waals surface area contributed by atoms with Crippen LogP contribution in [0.15, 0.2) is 29.7 Å². The normalized spacial score (nSPS) is 18.8. The van der Waals surface area contributed by atoms with Gasteiger partial charge in [0.2, 0.25) is 0 Å². The fourth-order valence-corrected chi connectivity index (χ4v) is 2.11. The Bertz CT molecular complexity index is 546. The van der Waals surface area contributed by atoms with Crippen molar-refractivity contribution in [1.29, 1.82) is 0 Å². The molecule has 0 saturated carbocycles. The lowest BCUT2D eigenvalue weighted by atomic mass is 10.3. The van der Waals surface area contributed by atoms with Crippen LogP contribution in [0.4, 0.5) is 5.69 Å². The third-order valence-electron chi connectivity index (χ3n) is 2.94. The minimum Gasteiger partial charge on any atom is -0.411 e. The van der Waals surface area contributed by atoms with Crippen LogP contribution < -0.4 is 4.90 Å². The Morgan fingerprint density at radius 2 is 2.44 bits per heavy atom. The highest BCUT2D eigenvalue weighted by molar-refractivity contribution is 5.96. The molecule has 0 bridgehead atoms. The summed E-state index contributed by atoms with van der Waals surface area (Å²) in [6.45, 7) is 1.56. The molecule has 5 nitrogen and oxygen atoms in total. The van der Waals surface area contributed by atoms with Crippen LogP contribution >= 0.6 is 0 Å². The van der Waals surface area contributed by atoms with E-state index in [-0.39, 0.29) is 0 Å². The second kappa shape index (κ2) is 3.52. The zero-order chi connectivity index (χ0) is 11.0. The summed E-state index contributed by atoms with van der Waals surface area (Å²) < 4.78 is 0. The molecule has 0 aromatic carbocycles. The lowest BCUT2D eigenvalue weighted by Crippen LogP contribution is -2.19. The van der Waals surface area contributed by atoms with Crippen molar-refractivity contribution in [3.05, 3.63) is 24.5 Å². The molecule has 2 N–H and O–H groups in total. The number of nitrogens with one attached hydrogen (secondary N) is 1. The van der Waals surface area contributed by atoms with Gasteiger partial charge < -0.3 is 15.1 Å². The van der Waals surface area contributed by atoms with E-state index in [9.17, 15) is 0 Å². The maximum Gasteiger partial charge on any atom is 0.111 e. The Balaban J connectivity index is 2.01. The van der Waals surface area contributed by atoms with Gasteiger partial charge in [0.1, 0.15) is 5.52 Å². The summed E-state index contributed by atoms with van der Waals surface area (Å²) in [5, 5.41) is 12.0. The molecule has 0 aliphatic carbocycles. The van der Waals surface area contributed by atoms with Crippen LogP contribution in [0, 0.1) is 0 Å². The Morgan fingerprint density at radius 3 is 3.25 bits per heavy atom. The number of hydrogen-bond donors (Lipinski definition) is 2. The molecule has 3 rings (SSSR count). The molecule has 0 amide bonds. The van der Waals surface area contributed by atoms with Crippen molar-refractivity contribution in [1.82, 2.24) is 9.97 Å². The lowest BCUT2D eigenvalue weighted by molar-refractivity contribution is 0.318. The Kier molecular flexibility index (Phi) is 2.02. The SMILES string of the molecule is ON=C1CCN(c2c[nH]c3cccnc23)C1. The molecule has 1 aliphatic heterocycles. The number of fused-ring (bicyclic) bond motifs is 1. The van der Waals surface area contributed by atoms with Gasteiger partial charge in [0.15, 0.2) is 0 Å². The van der Waals surface area contributed by atoms with Crippen molar-refractivity contribution in [3.8, 4) is 0 Å². The van der Waals surface area contributed by atoms with Crippen LogP contribution in [0.1, 0.15) is 6.42 Å². The fourth-order valence-electron chi connectivity index (χ4n) is 2.11. The number of hydrogen-bond acceptors (Lipinski definition) is 4. The molecule has 0 unspecified atom stereocenters. The van der Waals surface area contributed by atoms with Crippen LogP contribution in [0.5, 0.6) is 0 Å². The van der Waals surface area contributed by atoms with E-state index in [1.807, 2.05) is 18.3 Å². The second-order valence-electron chi connectivity index (χ2n) is 3.91. The van der Waals surface area contributed by atoms with E-state index in [1.165, 1.54) is 0 Å². The molecule has 1 saturated heterocycles. The van der Waals surface area contributed by atoms with Gasteiger partial charge in [-0.15, -0.1) is 0 Å². The number of oxime groups is 1. The summed E-state index contributed by atoms with van der Waals surface area (Å²) >= 11 is 0. The molecule has 1 fully saturated rings. The average Bonchev–Trinajstić information content (AvgIpc) is 2.94. The van der Waals surface area contributed by atoms with Gasteiger partial charge in [0.05, 0.1) is 23.5 Å². The molecular weight excluding hydrogens is 204 g/mol. The smallest absolute Gasteiger partial charge is 0.111 e. The summed E-state index contributed by atoms with van der Waals surface area (Å²) in [5.41, 5.74) is 3.91. The van der Waals surface area contributed by atoms with Gasteiger partial charge in [0, 0.05) is 25.4 Å². The lowest BCUT2D eigenvalue weighted by Gasteiger charge is -2.14. The zero-order valence-corrected chi connectivity index (χ0v) is 8.72. The summed E-state index contributed by atoms with van der Waals surface area (Å²) in [6, 6.07) is 3.91. The van der Waals surface area contributed by atoms with E-state index in [0.29, 0.717) is 6.54 Å². The average molecular weight is 216 g/mol. The minimum atomic E-state index is 0.681. The molecule has 82 valence electrons. The highest BCUT2D eigenvalue weighted by atomic mass is 16.4. The van der Waals surface area contributed by atoms with Crippen molar-refractivity contribution in [3.63, 3.8) is 0 Å². The number of aromatic amines is 1. The molecule has 0 atom stereocenters. The van der Waals surface area contributed by atoms with Crippen molar-refractivity contribution in [2.24, 2.45) is 5.16 Å². The predicted molar refractivity (Wildman–Crippen MR) is 62.1 cm³/mol. The van der Waals surface area contributed by atoms with Crippen LogP contribution in [-0.2, 0) is 0 Å². The van der Waals surface area contributed by atoms with Crippen molar-refractivity contribution in [2.75, 3.05) is 18.0 Å². The van der Waals surface area contributed by atoms with E-state index >= 15 is 0 Å². The number of aromatic nitrogens is 2. The van der Waals surface area contributed by atoms with Crippen molar-refractivity contribution >= 4 is 22.4 Å². The maximum atomic E-state index is 8.73. The number of rotatable bonds is 1. The first-order valence-corrected chi connectivity index (χ1v) is 5.25. The van der Waals surface area contributed by atoms with Gasteiger partial charge in [-0.25, -0.2) is 0 Å². The van der Waals surface area contributed by atoms with Gasteiger partial charge in [0.25, 0.3) is 0 Å². The number of anilines is 1.